The van der Waals surface area contributed by atoms with E-state index in [1.165, 1.54) is 18.2 Å². The van der Waals surface area contributed by atoms with E-state index in [4.69, 9.17) is 0 Å². The second-order valence-corrected chi connectivity index (χ2v) is 5.76. The molecule has 2 amide bonds. The summed E-state index contributed by atoms with van der Waals surface area (Å²) in [7, 11) is 0. The number of hydrogen-bond donors (Lipinski definition) is 2. The normalized spacial score (nSPS) is 10.7. The fourth-order valence-electron chi connectivity index (χ4n) is 2.66. The van der Waals surface area contributed by atoms with E-state index < -0.39 is 11.8 Å². The van der Waals surface area contributed by atoms with Crippen molar-refractivity contribution in [2.24, 2.45) is 0 Å². The summed E-state index contributed by atoms with van der Waals surface area (Å²) < 4.78 is 15.1. The highest BCUT2D eigenvalue weighted by Crippen LogP contribution is 2.21. The number of hydrogen-bond acceptors (Lipinski definition) is 2. The molecule has 2 aromatic heterocycles. The Labute approximate surface area is 149 Å². The van der Waals surface area contributed by atoms with Crippen molar-refractivity contribution in [1.29, 1.82) is 0 Å². The number of benzene rings is 2. The molecule has 2 aromatic carbocycles. The van der Waals surface area contributed by atoms with E-state index in [0.29, 0.717) is 11.4 Å². The second-order valence-electron chi connectivity index (χ2n) is 5.76. The maximum atomic E-state index is 13.1. The van der Waals surface area contributed by atoms with Crippen molar-refractivity contribution < 1.29 is 9.18 Å². The molecule has 26 heavy (non-hydrogen) atoms. The first-order valence-corrected chi connectivity index (χ1v) is 8.05. The number of anilines is 2. The average molecular weight is 346 g/mol. The van der Waals surface area contributed by atoms with Crippen molar-refractivity contribution in [2.45, 2.75) is 0 Å². The van der Waals surface area contributed by atoms with E-state index in [2.05, 4.69) is 15.6 Å². The number of carbonyl (C=O) groups excluding carboxylic acids is 1. The number of amides is 2. The third-order valence-corrected chi connectivity index (χ3v) is 3.89. The molecule has 4 aromatic rings. The van der Waals surface area contributed by atoms with E-state index in [-0.39, 0.29) is 0 Å². The van der Waals surface area contributed by atoms with Gasteiger partial charge in [0.1, 0.15) is 11.5 Å². The number of nitrogens with one attached hydrogen (secondary N) is 2. The van der Waals surface area contributed by atoms with Gasteiger partial charge in [0.15, 0.2) is 0 Å². The molecule has 0 spiro atoms. The van der Waals surface area contributed by atoms with Crippen LogP contribution >= 0.6 is 0 Å². The van der Waals surface area contributed by atoms with Gasteiger partial charge in [-0.05, 0) is 42.5 Å². The van der Waals surface area contributed by atoms with Crippen LogP contribution in [0.15, 0.2) is 79.1 Å². The van der Waals surface area contributed by atoms with Crippen molar-refractivity contribution >= 4 is 23.1 Å². The Hall–Kier alpha value is -3.67. The highest BCUT2D eigenvalue weighted by Gasteiger charge is 2.06. The quantitative estimate of drug-likeness (QED) is 0.561. The Balaban J connectivity index is 1.46. The van der Waals surface area contributed by atoms with Gasteiger partial charge in [-0.3, -0.25) is 0 Å². The molecule has 0 atom stereocenters. The van der Waals surface area contributed by atoms with Crippen LogP contribution in [-0.2, 0) is 0 Å². The molecule has 5 nitrogen and oxygen atoms in total. The maximum Gasteiger partial charge on any atom is 0.323 e. The fraction of sp³-hybridized carbons (Fsp3) is 0. The average Bonchev–Trinajstić information content (AvgIpc) is 3.06. The number of fused-ring (bicyclic) bond motifs is 1. The molecular weight excluding hydrogens is 331 g/mol. The number of nitrogens with zero attached hydrogens (tertiary/aromatic N) is 2. The van der Waals surface area contributed by atoms with Gasteiger partial charge in [-0.15, -0.1) is 0 Å². The summed E-state index contributed by atoms with van der Waals surface area (Å²) in [5.41, 5.74) is 3.70. The van der Waals surface area contributed by atoms with Crippen LogP contribution in [0.25, 0.3) is 16.9 Å². The molecule has 2 N–H and O–H groups in total. The minimum Gasteiger partial charge on any atom is -0.308 e. The van der Waals surface area contributed by atoms with Gasteiger partial charge in [-0.2, -0.15) is 0 Å². The van der Waals surface area contributed by atoms with Crippen LogP contribution in [0.2, 0.25) is 0 Å². The lowest BCUT2D eigenvalue weighted by molar-refractivity contribution is 0.262. The van der Waals surface area contributed by atoms with E-state index in [9.17, 15) is 9.18 Å². The molecule has 0 radical (unpaired) electrons. The van der Waals surface area contributed by atoms with Gasteiger partial charge in [-0.1, -0.05) is 24.3 Å². The number of aromatic nitrogens is 2. The van der Waals surface area contributed by atoms with Gasteiger partial charge < -0.3 is 15.0 Å². The topological polar surface area (TPSA) is 58.4 Å². The van der Waals surface area contributed by atoms with E-state index >= 15 is 0 Å². The van der Waals surface area contributed by atoms with E-state index in [1.54, 1.807) is 18.2 Å². The SMILES string of the molecule is O=C(Nc1ccc(-c2cn3ccccc3n2)cc1)Nc1cccc(F)c1. The van der Waals surface area contributed by atoms with Crippen LogP contribution in [-0.4, -0.2) is 15.4 Å². The maximum absolute atomic E-state index is 13.1. The predicted molar refractivity (Wildman–Crippen MR) is 99.7 cm³/mol. The first kappa shape index (κ1) is 15.8. The third kappa shape index (κ3) is 3.39. The van der Waals surface area contributed by atoms with E-state index in [0.717, 1.165) is 16.9 Å². The molecule has 0 saturated heterocycles. The summed E-state index contributed by atoms with van der Waals surface area (Å²) in [6, 6.07) is 18.5. The van der Waals surface area contributed by atoms with Gasteiger partial charge in [0, 0.05) is 29.3 Å². The largest absolute Gasteiger partial charge is 0.323 e. The van der Waals surface area contributed by atoms with Gasteiger partial charge >= 0.3 is 6.03 Å². The highest BCUT2D eigenvalue weighted by atomic mass is 19.1. The van der Waals surface area contributed by atoms with Crippen molar-refractivity contribution in [2.75, 3.05) is 10.6 Å². The monoisotopic (exact) mass is 346 g/mol. The summed E-state index contributed by atoms with van der Waals surface area (Å²) >= 11 is 0. The van der Waals surface area contributed by atoms with Crippen molar-refractivity contribution in [3.63, 3.8) is 0 Å². The molecule has 4 rings (SSSR count). The smallest absolute Gasteiger partial charge is 0.308 e. The Bertz CT molecular complexity index is 1040. The predicted octanol–water partition coefficient (Wildman–Crippen LogP) is 4.78. The van der Waals surface area contributed by atoms with Gasteiger partial charge in [0.05, 0.1) is 5.69 Å². The van der Waals surface area contributed by atoms with Crippen molar-refractivity contribution in [1.82, 2.24) is 9.38 Å². The number of imidazole rings is 1. The zero-order valence-electron chi connectivity index (χ0n) is 13.7. The Morgan fingerprint density at radius 1 is 0.923 bits per heavy atom. The summed E-state index contributed by atoms with van der Waals surface area (Å²) in [6.07, 6.45) is 3.90. The first-order valence-electron chi connectivity index (χ1n) is 8.05. The number of pyridine rings is 1. The van der Waals surface area contributed by atoms with Gasteiger partial charge in [0.25, 0.3) is 0 Å². The summed E-state index contributed by atoms with van der Waals surface area (Å²) in [4.78, 5) is 16.6. The standard InChI is InChI=1S/C20H15FN4O/c21-15-4-3-5-17(12-15)23-20(26)22-16-9-7-14(8-10-16)18-13-25-11-2-1-6-19(25)24-18/h1-13H,(H2,22,23,26). The lowest BCUT2D eigenvalue weighted by Gasteiger charge is -2.08. The molecule has 2 heterocycles. The Morgan fingerprint density at radius 3 is 2.50 bits per heavy atom. The Kier molecular flexibility index (Phi) is 4.07. The number of halogens is 1. The van der Waals surface area contributed by atoms with Crippen molar-refractivity contribution in [3.8, 4) is 11.3 Å². The molecule has 0 aliphatic carbocycles. The minimum absolute atomic E-state index is 0.392. The van der Waals surface area contributed by atoms with Crippen LogP contribution in [0.1, 0.15) is 0 Å². The zero-order valence-corrected chi connectivity index (χ0v) is 13.7. The molecule has 0 saturated carbocycles. The van der Waals surface area contributed by atoms with E-state index in [1.807, 2.05) is 47.1 Å². The molecule has 0 aliphatic rings. The Morgan fingerprint density at radius 2 is 1.73 bits per heavy atom. The van der Waals surface area contributed by atoms with Gasteiger partial charge in [-0.25, -0.2) is 14.2 Å². The van der Waals surface area contributed by atoms with Crippen LogP contribution in [0.3, 0.4) is 0 Å². The highest BCUT2D eigenvalue weighted by molar-refractivity contribution is 5.99. The van der Waals surface area contributed by atoms with Crippen LogP contribution in [0, 0.1) is 5.82 Å². The number of carbonyl (C=O) groups is 1. The van der Waals surface area contributed by atoms with Crippen molar-refractivity contribution in [3.05, 3.63) is 84.9 Å². The number of urea groups is 1. The molecule has 0 unspecified atom stereocenters. The molecule has 128 valence electrons. The van der Waals surface area contributed by atoms with Crippen LogP contribution in [0.5, 0.6) is 0 Å². The number of rotatable bonds is 3. The van der Waals surface area contributed by atoms with Crippen LogP contribution in [0.4, 0.5) is 20.6 Å². The lowest BCUT2D eigenvalue weighted by atomic mass is 10.1. The lowest BCUT2D eigenvalue weighted by Crippen LogP contribution is -2.19. The fourth-order valence-corrected chi connectivity index (χ4v) is 2.66. The summed E-state index contributed by atoms with van der Waals surface area (Å²) in [6.45, 7) is 0. The molecular formula is C20H15FN4O. The second kappa shape index (κ2) is 6.68. The van der Waals surface area contributed by atoms with Crippen LogP contribution < -0.4 is 10.6 Å². The molecule has 0 bridgehead atoms. The summed E-state index contributed by atoms with van der Waals surface area (Å²) in [5, 5.41) is 5.31. The molecule has 0 fully saturated rings. The van der Waals surface area contributed by atoms with Gasteiger partial charge in [0.2, 0.25) is 0 Å². The summed E-state index contributed by atoms with van der Waals surface area (Å²) in [5.74, 6) is -0.403. The minimum atomic E-state index is -0.434. The molecule has 6 heteroatoms. The first-order chi connectivity index (χ1) is 12.7. The zero-order chi connectivity index (χ0) is 17.9. The molecule has 0 aliphatic heterocycles. The third-order valence-electron chi connectivity index (χ3n) is 3.89.